The number of amides is 3. The number of aliphatic hydroxyl groups is 1. The van der Waals surface area contributed by atoms with Crippen molar-refractivity contribution >= 4 is 35.2 Å². The first kappa shape index (κ1) is 29.7. The maximum absolute atomic E-state index is 13.7. The van der Waals surface area contributed by atoms with Crippen molar-refractivity contribution in [3.63, 3.8) is 0 Å². The molecular formula is C28H34ClN3O5. The van der Waals surface area contributed by atoms with Crippen LogP contribution in [-0.4, -0.2) is 52.7 Å². The molecule has 0 radical (unpaired) electrons. The lowest BCUT2D eigenvalue weighted by atomic mass is 10.0. The number of terminal acetylenes is 1. The lowest BCUT2D eigenvalue weighted by Gasteiger charge is -2.34. The number of nitrogens with zero attached hydrogens (tertiary/aromatic N) is 1. The Morgan fingerprint density at radius 2 is 1.81 bits per heavy atom. The number of aliphatic hydroxyl groups excluding tert-OH is 1. The van der Waals surface area contributed by atoms with Crippen molar-refractivity contribution in [3.8, 4) is 12.3 Å². The van der Waals surface area contributed by atoms with Crippen LogP contribution < -0.4 is 10.6 Å². The molecular weight excluding hydrogens is 494 g/mol. The zero-order valence-electron chi connectivity index (χ0n) is 21.8. The SMILES string of the molecule is C#Cc1ccc(C(C(=O)Nc2c(C)cccc2Cl)N(CCC)C(=O)C(CO)NC(=O)OC(C)(C)C)cc1. The van der Waals surface area contributed by atoms with Gasteiger partial charge in [0, 0.05) is 12.1 Å². The molecule has 2 aromatic rings. The molecule has 3 N–H and O–H groups in total. The van der Waals surface area contributed by atoms with E-state index in [4.69, 9.17) is 22.8 Å². The smallest absolute Gasteiger partial charge is 0.408 e. The quantitative estimate of drug-likeness (QED) is 0.418. The van der Waals surface area contributed by atoms with E-state index in [2.05, 4.69) is 16.6 Å². The number of anilines is 1. The standard InChI is InChI=1S/C28H34ClN3O5/c1-7-16-32(26(35)22(17-33)30-27(36)37-28(4,5)6)24(20-14-12-19(8-2)13-15-20)25(34)31-23-18(3)10-9-11-21(23)29/h2,9-15,22,24,33H,7,16-17H2,1,3-6H3,(H,30,36)(H,31,34). The topological polar surface area (TPSA) is 108 Å². The Balaban J connectivity index is 2.50. The first-order chi connectivity index (χ1) is 17.4. The highest BCUT2D eigenvalue weighted by atomic mass is 35.5. The Morgan fingerprint density at radius 1 is 1.16 bits per heavy atom. The molecule has 0 aliphatic rings. The zero-order chi connectivity index (χ0) is 27.8. The van der Waals surface area contributed by atoms with Crippen molar-refractivity contribution in [2.24, 2.45) is 0 Å². The summed E-state index contributed by atoms with van der Waals surface area (Å²) in [7, 11) is 0. The predicted octanol–water partition coefficient (Wildman–Crippen LogP) is 4.43. The third-order valence-corrected chi connectivity index (χ3v) is 5.66. The number of nitrogens with one attached hydrogen (secondary N) is 2. The molecule has 3 amide bonds. The second-order valence-electron chi connectivity index (χ2n) is 9.50. The van der Waals surface area contributed by atoms with Crippen LogP contribution in [0.3, 0.4) is 0 Å². The summed E-state index contributed by atoms with van der Waals surface area (Å²) < 4.78 is 5.24. The molecule has 2 aromatic carbocycles. The van der Waals surface area contributed by atoms with E-state index < -0.39 is 42.2 Å². The molecule has 0 aliphatic heterocycles. The van der Waals surface area contributed by atoms with Crippen LogP contribution in [0.25, 0.3) is 0 Å². The molecule has 8 nitrogen and oxygen atoms in total. The van der Waals surface area contributed by atoms with Gasteiger partial charge in [-0.25, -0.2) is 4.79 Å². The van der Waals surface area contributed by atoms with Gasteiger partial charge < -0.3 is 25.4 Å². The van der Waals surface area contributed by atoms with Gasteiger partial charge in [0.2, 0.25) is 5.91 Å². The lowest BCUT2D eigenvalue weighted by molar-refractivity contribution is -0.141. The molecule has 0 spiro atoms. The number of benzene rings is 2. The highest BCUT2D eigenvalue weighted by molar-refractivity contribution is 6.34. The number of rotatable bonds is 9. The highest BCUT2D eigenvalue weighted by Crippen LogP contribution is 2.29. The van der Waals surface area contributed by atoms with E-state index in [1.165, 1.54) is 4.90 Å². The lowest BCUT2D eigenvalue weighted by Crippen LogP contribution is -2.54. The molecule has 37 heavy (non-hydrogen) atoms. The molecule has 0 saturated heterocycles. The van der Waals surface area contributed by atoms with E-state index in [0.717, 1.165) is 5.56 Å². The minimum Gasteiger partial charge on any atom is -0.444 e. The Kier molecular flexibility index (Phi) is 10.5. The third kappa shape index (κ3) is 8.24. The normalized spacial score (nSPS) is 12.6. The van der Waals surface area contributed by atoms with Gasteiger partial charge in [0.25, 0.3) is 5.91 Å². The van der Waals surface area contributed by atoms with E-state index in [1.54, 1.807) is 70.2 Å². The zero-order valence-corrected chi connectivity index (χ0v) is 22.6. The maximum Gasteiger partial charge on any atom is 0.408 e. The van der Waals surface area contributed by atoms with E-state index in [-0.39, 0.29) is 6.54 Å². The van der Waals surface area contributed by atoms with E-state index in [0.29, 0.717) is 28.3 Å². The molecule has 0 fully saturated rings. The van der Waals surface area contributed by atoms with Crippen molar-refractivity contribution in [3.05, 3.63) is 64.2 Å². The van der Waals surface area contributed by atoms with Gasteiger partial charge in [-0.15, -0.1) is 6.42 Å². The molecule has 0 bridgehead atoms. The molecule has 0 heterocycles. The van der Waals surface area contributed by atoms with Crippen LogP contribution in [0.15, 0.2) is 42.5 Å². The van der Waals surface area contributed by atoms with Gasteiger partial charge in [-0.2, -0.15) is 0 Å². The number of alkyl carbamates (subject to hydrolysis) is 1. The second-order valence-corrected chi connectivity index (χ2v) is 9.91. The van der Waals surface area contributed by atoms with E-state index >= 15 is 0 Å². The minimum absolute atomic E-state index is 0.168. The fourth-order valence-electron chi connectivity index (χ4n) is 3.66. The van der Waals surface area contributed by atoms with Crippen LogP contribution in [0.1, 0.15) is 56.8 Å². The molecule has 0 saturated carbocycles. The summed E-state index contributed by atoms with van der Waals surface area (Å²) in [5, 5.41) is 15.6. The first-order valence-corrected chi connectivity index (χ1v) is 12.3. The van der Waals surface area contributed by atoms with Crippen LogP contribution in [-0.2, 0) is 14.3 Å². The number of halogens is 1. The predicted molar refractivity (Wildman–Crippen MR) is 144 cm³/mol. The summed E-state index contributed by atoms with van der Waals surface area (Å²) in [6, 6.07) is 9.48. The van der Waals surface area contributed by atoms with Crippen LogP contribution in [0.2, 0.25) is 5.02 Å². The number of aryl methyl sites for hydroxylation is 1. The summed E-state index contributed by atoms with van der Waals surface area (Å²) in [4.78, 5) is 41.1. The average molecular weight is 528 g/mol. The molecule has 2 unspecified atom stereocenters. The summed E-state index contributed by atoms with van der Waals surface area (Å²) >= 11 is 6.34. The maximum atomic E-state index is 13.7. The van der Waals surface area contributed by atoms with Gasteiger partial charge >= 0.3 is 6.09 Å². The Labute approximate surface area is 223 Å². The monoisotopic (exact) mass is 527 g/mol. The van der Waals surface area contributed by atoms with Crippen LogP contribution in [0, 0.1) is 19.3 Å². The van der Waals surface area contributed by atoms with Crippen molar-refractivity contribution in [1.82, 2.24) is 10.2 Å². The Hall–Kier alpha value is -3.54. The van der Waals surface area contributed by atoms with Gasteiger partial charge in [0.05, 0.1) is 17.3 Å². The van der Waals surface area contributed by atoms with Gasteiger partial charge in [0.1, 0.15) is 17.7 Å². The second kappa shape index (κ2) is 13.1. The Bertz CT molecular complexity index is 1130. The molecule has 9 heteroatoms. The molecule has 198 valence electrons. The number of hydrogen-bond acceptors (Lipinski definition) is 5. The van der Waals surface area contributed by atoms with Gasteiger partial charge in [-0.1, -0.05) is 48.7 Å². The average Bonchev–Trinajstić information content (AvgIpc) is 2.83. The van der Waals surface area contributed by atoms with E-state index in [1.807, 2.05) is 6.92 Å². The third-order valence-electron chi connectivity index (χ3n) is 5.34. The van der Waals surface area contributed by atoms with Crippen LogP contribution in [0.5, 0.6) is 0 Å². The summed E-state index contributed by atoms with van der Waals surface area (Å²) in [5.41, 5.74) is 1.48. The first-order valence-electron chi connectivity index (χ1n) is 11.9. The fourth-order valence-corrected chi connectivity index (χ4v) is 3.93. The van der Waals surface area contributed by atoms with Gasteiger partial charge in [-0.3, -0.25) is 9.59 Å². The number of carbonyl (C=O) groups excluding carboxylic acids is 3. The number of hydrogen-bond donors (Lipinski definition) is 3. The highest BCUT2D eigenvalue weighted by Gasteiger charge is 2.36. The summed E-state index contributed by atoms with van der Waals surface area (Å²) in [6.07, 6.45) is 5.14. The van der Waals surface area contributed by atoms with Crippen molar-refractivity contribution in [2.45, 2.75) is 58.7 Å². The van der Waals surface area contributed by atoms with Crippen molar-refractivity contribution in [1.29, 1.82) is 0 Å². The fraction of sp³-hybridized carbons (Fsp3) is 0.393. The summed E-state index contributed by atoms with van der Waals surface area (Å²) in [5.74, 6) is 1.37. The van der Waals surface area contributed by atoms with Gasteiger partial charge in [-0.05, 0) is 63.4 Å². The molecule has 2 atom stereocenters. The van der Waals surface area contributed by atoms with Crippen molar-refractivity contribution < 1.29 is 24.2 Å². The van der Waals surface area contributed by atoms with Crippen molar-refractivity contribution in [2.75, 3.05) is 18.5 Å². The number of para-hydroxylation sites is 1. The Morgan fingerprint density at radius 3 is 2.32 bits per heavy atom. The number of carbonyl (C=O) groups is 3. The molecule has 2 rings (SSSR count). The van der Waals surface area contributed by atoms with Gasteiger partial charge in [0.15, 0.2) is 0 Å². The van der Waals surface area contributed by atoms with E-state index in [9.17, 15) is 19.5 Å². The summed E-state index contributed by atoms with van der Waals surface area (Å²) in [6.45, 7) is 8.19. The molecule has 0 aromatic heterocycles. The van der Waals surface area contributed by atoms with Crippen LogP contribution in [0.4, 0.5) is 10.5 Å². The largest absolute Gasteiger partial charge is 0.444 e. The number of ether oxygens (including phenoxy) is 1. The van der Waals surface area contributed by atoms with Crippen LogP contribution >= 0.6 is 11.6 Å². The minimum atomic E-state index is -1.33. The molecule has 0 aliphatic carbocycles.